The van der Waals surface area contributed by atoms with Crippen molar-refractivity contribution in [3.63, 3.8) is 0 Å². The predicted molar refractivity (Wildman–Crippen MR) is 89.4 cm³/mol. The number of hydrogen-bond donors (Lipinski definition) is 2. The summed E-state index contributed by atoms with van der Waals surface area (Å²) >= 11 is 0. The zero-order valence-corrected chi connectivity index (χ0v) is 13.5. The third-order valence-electron chi connectivity index (χ3n) is 3.41. The summed E-state index contributed by atoms with van der Waals surface area (Å²) in [6, 6.07) is 11.6. The molecule has 2 aromatic rings. The summed E-state index contributed by atoms with van der Waals surface area (Å²) < 4.78 is 10.1. The topological polar surface area (TPSA) is 84.9 Å². The van der Waals surface area contributed by atoms with E-state index in [-0.39, 0.29) is 23.6 Å². The number of ether oxygens (including phenoxy) is 2. The maximum absolute atomic E-state index is 12.0. The van der Waals surface area contributed by atoms with Gasteiger partial charge in [0.05, 0.1) is 18.4 Å². The monoisotopic (exact) mass is 329 g/mol. The van der Waals surface area contributed by atoms with E-state index in [0.29, 0.717) is 5.75 Å². The van der Waals surface area contributed by atoms with Gasteiger partial charge in [-0.2, -0.15) is 0 Å². The molecule has 6 heteroatoms. The summed E-state index contributed by atoms with van der Waals surface area (Å²) in [7, 11) is 1.25. The Hall–Kier alpha value is -3.02. The number of phenolic OH excluding ortho intramolecular Hbond substituents is 1. The highest BCUT2D eigenvalue weighted by Gasteiger charge is 2.12. The van der Waals surface area contributed by atoms with Gasteiger partial charge in [-0.15, -0.1) is 0 Å². The maximum Gasteiger partial charge on any atom is 0.337 e. The lowest BCUT2D eigenvalue weighted by Gasteiger charge is -2.11. The normalized spacial score (nSPS) is 10.1. The fraction of sp³-hybridized carbons (Fsp3) is 0.222. The van der Waals surface area contributed by atoms with Crippen molar-refractivity contribution in [2.75, 3.05) is 19.0 Å². The van der Waals surface area contributed by atoms with Gasteiger partial charge in [0, 0.05) is 0 Å². The minimum Gasteiger partial charge on any atom is -0.506 e. The minimum absolute atomic E-state index is 0.185. The van der Waals surface area contributed by atoms with Crippen LogP contribution in [0, 0.1) is 0 Å². The van der Waals surface area contributed by atoms with Crippen LogP contribution >= 0.6 is 0 Å². The van der Waals surface area contributed by atoms with Crippen molar-refractivity contribution >= 4 is 17.6 Å². The van der Waals surface area contributed by atoms with Crippen molar-refractivity contribution in [3.05, 3.63) is 53.6 Å². The number of amides is 1. The van der Waals surface area contributed by atoms with Crippen molar-refractivity contribution in [1.29, 1.82) is 0 Å². The second kappa shape index (κ2) is 8.01. The van der Waals surface area contributed by atoms with Gasteiger partial charge in [0.2, 0.25) is 0 Å². The Kier molecular flexibility index (Phi) is 5.78. The van der Waals surface area contributed by atoms with Gasteiger partial charge >= 0.3 is 5.97 Å². The molecule has 0 fully saturated rings. The number of nitrogens with one attached hydrogen (secondary N) is 1. The first-order valence-electron chi connectivity index (χ1n) is 7.47. The number of aryl methyl sites for hydroxylation is 1. The van der Waals surface area contributed by atoms with Crippen LogP contribution in [0.4, 0.5) is 5.69 Å². The second-order valence-corrected chi connectivity index (χ2v) is 5.02. The molecule has 0 spiro atoms. The smallest absolute Gasteiger partial charge is 0.337 e. The summed E-state index contributed by atoms with van der Waals surface area (Å²) in [4.78, 5) is 23.4. The van der Waals surface area contributed by atoms with E-state index in [4.69, 9.17) is 4.74 Å². The number of hydrogen-bond acceptors (Lipinski definition) is 5. The standard InChI is InChI=1S/C18H19NO5/c1-3-12-6-4-5-7-16(12)24-11-17(21)19-14-9-8-13(10-15(14)20)18(22)23-2/h4-10,20H,3,11H2,1-2H3,(H,19,21). The molecular formula is C18H19NO5. The Balaban J connectivity index is 1.98. The van der Waals surface area contributed by atoms with E-state index in [9.17, 15) is 14.7 Å². The number of methoxy groups -OCH3 is 1. The number of benzene rings is 2. The second-order valence-electron chi connectivity index (χ2n) is 5.02. The Morgan fingerprint density at radius 2 is 1.92 bits per heavy atom. The summed E-state index contributed by atoms with van der Waals surface area (Å²) in [6.45, 7) is 1.82. The van der Waals surface area contributed by atoms with E-state index < -0.39 is 11.9 Å². The first-order valence-corrected chi connectivity index (χ1v) is 7.47. The molecular weight excluding hydrogens is 310 g/mol. The summed E-state index contributed by atoms with van der Waals surface area (Å²) in [6.07, 6.45) is 0.799. The zero-order chi connectivity index (χ0) is 17.5. The molecule has 2 aromatic carbocycles. The lowest BCUT2D eigenvalue weighted by atomic mass is 10.1. The molecule has 0 aliphatic heterocycles. The Bertz CT molecular complexity index is 742. The van der Waals surface area contributed by atoms with Crippen LogP contribution in [0.2, 0.25) is 0 Å². The van der Waals surface area contributed by atoms with Crippen LogP contribution in [0.15, 0.2) is 42.5 Å². The summed E-state index contributed by atoms with van der Waals surface area (Å²) in [5.74, 6) is -0.551. The van der Waals surface area contributed by atoms with E-state index in [1.165, 1.54) is 25.3 Å². The maximum atomic E-state index is 12.0. The van der Waals surface area contributed by atoms with Gasteiger partial charge in [0.1, 0.15) is 11.5 Å². The van der Waals surface area contributed by atoms with Gasteiger partial charge in [-0.05, 0) is 36.2 Å². The van der Waals surface area contributed by atoms with Crippen molar-refractivity contribution in [1.82, 2.24) is 0 Å². The highest BCUT2D eigenvalue weighted by Crippen LogP contribution is 2.25. The molecule has 24 heavy (non-hydrogen) atoms. The van der Waals surface area contributed by atoms with Crippen molar-refractivity contribution < 1.29 is 24.2 Å². The summed E-state index contributed by atoms with van der Waals surface area (Å²) in [5.41, 5.74) is 1.40. The zero-order valence-electron chi connectivity index (χ0n) is 13.5. The summed E-state index contributed by atoms with van der Waals surface area (Å²) in [5, 5.41) is 12.4. The fourth-order valence-corrected chi connectivity index (χ4v) is 2.15. The van der Waals surface area contributed by atoms with Gasteiger partial charge in [0.25, 0.3) is 5.91 Å². The van der Waals surface area contributed by atoms with Crippen LogP contribution in [0.3, 0.4) is 0 Å². The van der Waals surface area contributed by atoms with Crippen molar-refractivity contribution in [3.8, 4) is 11.5 Å². The first kappa shape index (κ1) is 17.3. The van der Waals surface area contributed by atoms with E-state index in [2.05, 4.69) is 10.1 Å². The Morgan fingerprint density at radius 3 is 2.58 bits per heavy atom. The van der Waals surface area contributed by atoms with Crippen LogP contribution in [0.1, 0.15) is 22.8 Å². The molecule has 0 aromatic heterocycles. The number of anilines is 1. The molecule has 0 saturated heterocycles. The van der Waals surface area contributed by atoms with Crippen molar-refractivity contribution in [2.24, 2.45) is 0 Å². The minimum atomic E-state index is -0.567. The molecule has 2 N–H and O–H groups in total. The molecule has 0 aliphatic rings. The molecule has 6 nitrogen and oxygen atoms in total. The number of carbonyl (C=O) groups excluding carboxylic acids is 2. The Morgan fingerprint density at radius 1 is 1.17 bits per heavy atom. The quantitative estimate of drug-likeness (QED) is 0.629. The van der Waals surface area contributed by atoms with Gasteiger partial charge < -0.3 is 19.9 Å². The van der Waals surface area contributed by atoms with Crippen molar-refractivity contribution in [2.45, 2.75) is 13.3 Å². The van der Waals surface area contributed by atoms with Crippen LogP contribution in [-0.4, -0.2) is 30.7 Å². The molecule has 0 unspecified atom stereocenters. The number of phenols is 1. The number of esters is 1. The van der Waals surface area contributed by atoms with E-state index >= 15 is 0 Å². The molecule has 1 amide bonds. The van der Waals surface area contributed by atoms with E-state index in [1.807, 2.05) is 25.1 Å². The third kappa shape index (κ3) is 4.25. The number of aromatic hydroxyl groups is 1. The van der Waals surface area contributed by atoms with Gasteiger partial charge in [0.15, 0.2) is 6.61 Å². The molecule has 0 bridgehead atoms. The van der Waals surface area contributed by atoms with Gasteiger partial charge in [-0.1, -0.05) is 25.1 Å². The first-order chi connectivity index (χ1) is 11.5. The van der Waals surface area contributed by atoms with Crippen LogP contribution in [0.25, 0.3) is 0 Å². The predicted octanol–water partition coefficient (Wildman–Crippen LogP) is 2.76. The molecule has 0 heterocycles. The average molecular weight is 329 g/mol. The largest absolute Gasteiger partial charge is 0.506 e. The van der Waals surface area contributed by atoms with Gasteiger partial charge in [-0.3, -0.25) is 4.79 Å². The average Bonchev–Trinajstić information content (AvgIpc) is 2.61. The molecule has 0 atom stereocenters. The SMILES string of the molecule is CCc1ccccc1OCC(=O)Nc1ccc(C(=O)OC)cc1O. The molecule has 0 radical (unpaired) electrons. The fourth-order valence-electron chi connectivity index (χ4n) is 2.15. The molecule has 2 rings (SSSR count). The highest BCUT2D eigenvalue weighted by molar-refractivity contribution is 5.95. The molecule has 0 aliphatic carbocycles. The Labute approximate surface area is 140 Å². The number of para-hydroxylation sites is 1. The molecule has 126 valence electrons. The third-order valence-corrected chi connectivity index (χ3v) is 3.41. The van der Waals surface area contributed by atoms with Crippen LogP contribution in [-0.2, 0) is 16.0 Å². The lowest BCUT2D eigenvalue weighted by Crippen LogP contribution is -2.20. The number of carbonyl (C=O) groups is 2. The van der Waals surface area contributed by atoms with Gasteiger partial charge in [-0.25, -0.2) is 4.79 Å². The molecule has 0 saturated carbocycles. The van der Waals surface area contributed by atoms with E-state index in [1.54, 1.807) is 6.07 Å². The van der Waals surface area contributed by atoms with E-state index in [0.717, 1.165) is 12.0 Å². The van der Waals surface area contributed by atoms with Crippen LogP contribution < -0.4 is 10.1 Å². The number of rotatable bonds is 6. The van der Waals surface area contributed by atoms with Crippen LogP contribution in [0.5, 0.6) is 11.5 Å². The highest BCUT2D eigenvalue weighted by atomic mass is 16.5. The lowest BCUT2D eigenvalue weighted by molar-refractivity contribution is -0.118.